The lowest BCUT2D eigenvalue weighted by Crippen LogP contribution is -2.42. The van der Waals surface area contributed by atoms with E-state index in [0.29, 0.717) is 29.2 Å². The molecule has 2 aromatic rings. The van der Waals surface area contributed by atoms with E-state index < -0.39 is 0 Å². The Labute approximate surface area is 147 Å². The Morgan fingerprint density at radius 1 is 1.25 bits per heavy atom. The lowest BCUT2D eigenvalue weighted by molar-refractivity contribution is 0.0616. The summed E-state index contributed by atoms with van der Waals surface area (Å²) in [6.45, 7) is 10.3. The molecule has 130 valence electrons. The normalized spacial score (nSPS) is 21.3. The molecule has 1 aliphatic rings. The maximum Gasteiger partial charge on any atom is 0.274 e. The first-order chi connectivity index (χ1) is 11.3. The van der Waals surface area contributed by atoms with Gasteiger partial charge in [-0.05, 0) is 38.2 Å². The molecule has 2 atom stereocenters. The predicted molar refractivity (Wildman–Crippen MR) is 93.2 cm³/mol. The number of carbonyl (C=O) groups excluding carboxylic acids is 1. The molecule has 3 rings (SSSR count). The van der Waals surface area contributed by atoms with Gasteiger partial charge in [-0.3, -0.25) is 9.48 Å². The van der Waals surface area contributed by atoms with Crippen molar-refractivity contribution in [1.29, 1.82) is 0 Å². The van der Waals surface area contributed by atoms with Crippen LogP contribution < -0.4 is 0 Å². The van der Waals surface area contributed by atoms with Gasteiger partial charge in [0.25, 0.3) is 5.91 Å². The van der Waals surface area contributed by atoms with Crippen molar-refractivity contribution in [3.8, 4) is 0 Å². The SMILES string of the molecule is Cc1nn(Cn2ccc(C(=O)N3CC(C)CC(C)C3)n2)c(C)c1Cl. The monoisotopic (exact) mass is 349 g/mol. The minimum atomic E-state index is 0.0125. The third-order valence-electron chi connectivity index (χ3n) is 4.59. The molecule has 0 N–H and O–H groups in total. The first kappa shape index (κ1) is 17.0. The van der Waals surface area contributed by atoms with Crippen LogP contribution in [0.5, 0.6) is 0 Å². The predicted octanol–water partition coefficient (Wildman–Crippen LogP) is 2.97. The van der Waals surface area contributed by atoms with Crippen LogP contribution in [0.1, 0.15) is 42.1 Å². The maximum atomic E-state index is 12.7. The Morgan fingerprint density at radius 2 is 1.92 bits per heavy atom. The second kappa shape index (κ2) is 6.59. The van der Waals surface area contributed by atoms with Crippen LogP contribution in [0.2, 0.25) is 5.02 Å². The van der Waals surface area contributed by atoms with Gasteiger partial charge in [0.05, 0.1) is 16.4 Å². The zero-order valence-electron chi connectivity index (χ0n) is 14.7. The highest BCUT2D eigenvalue weighted by atomic mass is 35.5. The van der Waals surface area contributed by atoms with Gasteiger partial charge in [-0.2, -0.15) is 10.2 Å². The Morgan fingerprint density at radius 3 is 2.50 bits per heavy atom. The van der Waals surface area contributed by atoms with Gasteiger partial charge in [0.1, 0.15) is 12.4 Å². The molecule has 1 fully saturated rings. The first-order valence-electron chi connectivity index (χ1n) is 8.37. The Balaban J connectivity index is 1.73. The molecule has 2 unspecified atom stereocenters. The van der Waals surface area contributed by atoms with Crippen LogP contribution in [-0.2, 0) is 6.67 Å². The number of amides is 1. The highest BCUT2D eigenvalue weighted by molar-refractivity contribution is 6.31. The number of hydrogen-bond donors (Lipinski definition) is 0. The minimum Gasteiger partial charge on any atom is -0.337 e. The number of halogens is 1. The highest BCUT2D eigenvalue weighted by Gasteiger charge is 2.27. The molecule has 0 aromatic carbocycles. The number of carbonyl (C=O) groups is 1. The molecule has 1 saturated heterocycles. The Hall–Kier alpha value is -1.82. The van der Waals surface area contributed by atoms with Crippen LogP contribution in [0.4, 0.5) is 0 Å². The number of aromatic nitrogens is 4. The number of piperidine rings is 1. The van der Waals surface area contributed by atoms with Gasteiger partial charge in [-0.15, -0.1) is 0 Å². The molecule has 0 bridgehead atoms. The van der Waals surface area contributed by atoms with Crippen molar-refractivity contribution in [1.82, 2.24) is 24.5 Å². The van der Waals surface area contributed by atoms with E-state index in [1.807, 2.05) is 24.9 Å². The van der Waals surface area contributed by atoms with Crippen LogP contribution in [0.25, 0.3) is 0 Å². The van der Waals surface area contributed by atoms with E-state index in [1.54, 1.807) is 15.4 Å². The van der Waals surface area contributed by atoms with Crippen molar-refractivity contribution >= 4 is 17.5 Å². The fourth-order valence-corrected chi connectivity index (χ4v) is 3.63. The van der Waals surface area contributed by atoms with Gasteiger partial charge in [-0.1, -0.05) is 25.4 Å². The molecule has 3 heterocycles. The molecule has 0 spiro atoms. The number of hydrogen-bond acceptors (Lipinski definition) is 3. The van der Waals surface area contributed by atoms with Gasteiger partial charge >= 0.3 is 0 Å². The van der Waals surface area contributed by atoms with Crippen molar-refractivity contribution in [2.75, 3.05) is 13.1 Å². The third kappa shape index (κ3) is 3.34. The highest BCUT2D eigenvalue weighted by Crippen LogP contribution is 2.22. The average Bonchev–Trinajstić information content (AvgIpc) is 3.07. The summed E-state index contributed by atoms with van der Waals surface area (Å²) in [5, 5.41) is 9.51. The minimum absolute atomic E-state index is 0.0125. The van der Waals surface area contributed by atoms with E-state index in [9.17, 15) is 4.79 Å². The molecule has 0 aliphatic carbocycles. The van der Waals surface area contributed by atoms with Crippen molar-refractivity contribution in [2.24, 2.45) is 11.8 Å². The number of rotatable bonds is 3. The topological polar surface area (TPSA) is 56.0 Å². The summed E-state index contributed by atoms with van der Waals surface area (Å²) >= 11 is 6.18. The third-order valence-corrected chi connectivity index (χ3v) is 5.13. The zero-order chi connectivity index (χ0) is 17.4. The van der Waals surface area contributed by atoms with Gasteiger partial charge in [0.15, 0.2) is 0 Å². The van der Waals surface area contributed by atoms with Crippen LogP contribution in [0, 0.1) is 25.7 Å². The van der Waals surface area contributed by atoms with E-state index in [4.69, 9.17) is 11.6 Å². The molecule has 1 amide bonds. The van der Waals surface area contributed by atoms with Crippen LogP contribution in [0.15, 0.2) is 12.3 Å². The summed E-state index contributed by atoms with van der Waals surface area (Å²) in [5.74, 6) is 1.09. The summed E-state index contributed by atoms with van der Waals surface area (Å²) in [7, 11) is 0. The molecule has 24 heavy (non-hydrogen) atoms. The quantitative estimate of drug-likeness (QED) is 0.856. The van der Waals surface area contributed by atoms with Gasteiger partial charge < -0.3 is 4.90 Å². The van der Waals surface area contributed by atoms with E-state index in [2.05, 4.69) is 24.0 Å². The lowest BCUT2D eigenvalue weighted by Gasteiger charge is -2.34. The van der Waals surface area contributed by atoms with Gasteiger partial charge in [-0.25, -0.2) is 4.68 Å². The van der Waals surface area contributed by atoms with Crippen molar-refractivity contribution in [3.05, 3.63) is 34.4 Å². The average molecular weight is 350 g/mol. The first-order valence-corrected chi connectivity index (χ1v) is 8.75. The van der Waals surface area contributed by atoms with E-state index >= 15 is 0 Å². The lowest BCUT2D eigenvalue weighted by atomic mass is 9.92. The van der Waals surface area contributed by atoms with Gasteiger partial charge in [0.2, 0.25) is 0 Å². The van der Waals surface area contributed by atoms with Crippen LogP contribution >= 0.6 is 11.6 Å². The fraction of sp³-hybridized carbons (Fsp3) is 0.588. The van der Waals surface area contributed by atoms with Crippen molar-refractivity contribution < 1.29 is 4.79 Å². The summed E-state index contributed by atoms with van der Waals surface area (Å²) in [6.07, 6.45) is 2.99. The molecule has 0 saturated carbocycles. The smallest absolute Gasteiger partial charge is 0.274 e. The van der Waals surface area contributed by atoms with E-state index in [-0.39, 0.29) is 5.91 Å². The largest absolute Gasteiger partial charge is 0.337 e. The molecule has 6 nitrogen and oxygen atoms in total. The zero-order valence-corrected chi connectivity index (χ0v) is 15.4. The van der Waals surface area contributed by atoms with E-state index in [0.717, 1.165) is 24.5 Å². The number of aryl methyl sites for hydroxylation is 1. The Kier molecular flexibility index (Phi) is 4.67. The Bertz CT molecular complexity index is 740. The number of likely N-dealkylation sites (tertiary alicyclic amines) is 1. The molecular weight excluding hydrogens is 326 g/mol. The second-order valence-electron chi connectivity index (χ2n) is 7.02. The summed E-state index contributed by atoms with van der Waals surface area (Å²) in [4.78, 5) is 14.6. The fourth-order valence-electron chi connectivity index (χ4n) is 3.50. The number of nitrogens with zero attached hydrogens (tertiary/aromatic N) is 5. The molecule has 7 heteroatoms. The van der Waals surface area contributed by atoms with Crippen LogP contribution in [0.3, 0.4) is 0 Å². The molecule has 1 aliphatic heterocycles. The summed E-state index contributed by atoms with van der Waals surface area (Å²) in [6, 6.07) is 1.78. The second-order valence-corrected chi connectivity index (χ2v) is 7.40. The van der Waals surface area contributed by atoms with Crippen LogP contribution in [-0.4, -0.2) is 43.5 Å². The van der Waals surface area contributed by atoms with Crippen molar-refractivity contribution in [2.45, 2.75) is 40.8 Å². The van der Waals surface area contributed by atoms with Crippen molar-refractivity contribution in [3.63, 3.8) is 0 Å². The maximum absolute atomic E-state index is 12.7. The van der Waals surface area contributed by atoms with Gasteiger partial charge in [0, 0.05) is 19.3 Å². The summed E-state index contributed by atoms with van der Waals surface area (Å²) < 4.78 is 3.52. The molecular formula is C17H24ClN5O. The molecule has 0 radical (unpaired) electrons. The summed E-state index contributed by atoms with van der Waals surface area (Å²) in [5.41, 5.74) is 2.19. The molecule has 2 aromatic heterocycles. The van der Waals surface area contributed by atoms with E-state index in [1.165, 1.54) is 6.42 Å². The standard InChI is InChI=1S/C17H24ClN5O/c1-11-7-12(2)9-21(8-11)17(24)15-5-6-22(20-15)10-23-14(4)16(18)13(3)19-23/h5-6,11-12H,7-10H2,1-4H3.